The van der Waals surface area contributed by atoms with Crippen LogP contribution in [0.4, 0.5) is 17.6 Å². The first-order chi connectivity index (χ1) is 7.13. The highest BCUT2D eigenvalue weighted by Crippen LogP contribution is 2.28. The van der Waals surface area contributed by atoms with Crippen LogP contribution >= 0.6 is 0 Å². The highest BCUT2D eigenvalue weighted by molar-refractivity contribution is 7.88. The summed E-state index contributed by atoms with van der Waals surface area (Å²) in [6.45, 7) is 1.23. The van der Waals surface area contributed by atoms with Gasteiger partial charge in [-0.3, -0.25) is 0 Å². The Labute approximate surface area is 88.8 Å². The minimum atomic E-state index is -5.71. The molecule has 1 aromatic rings. The van der Waals surface area contributed by atoms with Gasteiger partial charge in [-0.2, -0.15) is 21.6 Å². The first-order valence-electron chi connectivity index (χ1n) is 3.90. The highest BCUT2D eigenvalue weighted by atomic mass is 32.2. The van der Waals surface area contributed by atoms with Crippen LogP contribution in [0.25, 0.3) is 0 Å². The third-order valence-corrected chi connectivity index (χ3v) is 2.59. The molecular formula is C8H6F4O3S. The van der Waals surface area contributed by atoms with Crippen molar-refractivity contribution in [1.82, 2.24) is 0 Å². The van der Waals surface area contributed by atoms with Gasteiger partial charge in [0.2, 0.25) is 0 Å². The van der Waals surface area contributed by atoms with E-state index >= 15 is 0 Å². The number of rotatable bonds is 2. The monoisotopic (exact) mass is 258 g/mol. The molecule has 0 saturated carbocycles. The van der Waals surface area contributed by atoms with Crippen molar-refractivity contribution in [2.24, 2.45) is 0 Å². The fraction of sp³-hybridized carbons (Fsp3) is 0.250. The molecule has 90 valence electrons. The van der Waals surface area contributed by atoms with Gasteiger partial charge >= 0.3 is 15.6 Å². The summed E-state index contributed by atoms with van der Waals surface area (Å²) < 4.78 is 73.5. The molecule has 0 N–H and O–H groups in total. The smallest absolute Gasteiger partial charge is 0.376 e. The van der Waals surface area contributed by atoms with Gasteiger partial charge in [-0.05, 0) is 30.7 Å². The Hall–Kier alpha value is -1.31. The quantitative estimate of drug-likeness (QED) is 0.464. The van der Waals surface area contributed by atoms with Crippen molar-refractivity contribution >= 4 is 10.1 Å². The van der Waals surface area contributed by atoms with Crippen molar-refractivity contribution in [2.45, 2.75) is 12.4 Å². The Kier molecular flexibility index (Phi) is 3.13. The van der Waals surface area contributed by atoms with Crippen molar-refractivity contribution in [1.29, 1.82) is 0 Å². The van der Waals surface area contributed by atoms with Crippen molar-refractivity contribution < 1.29 is 30.2 Å². The Morgan fingerprint density at radius 1 is 1.25 bits per heavy atom. The average Bonchev–Trinajstić information content (AvgIpc) is 2.08. The first-order valence-corrected chi connectivity index (χ1v) is 5.31. The van der Waals surface area contributed by atoms with E-state index in [0.717, 1.165) is 18.2 Å². The summed E-state index contributed by atoms with van der Waals surface area (Å²) in [7, 11) is -5.71. The van der Waals surface area contributed by atoms with E-state index in [0.29, 0.717) is 0 Å². The molecule has 0 spiro atoms. The predicted octanol–water partition coefficient (Wildman–Crippen LogP) is 2.36. The van der Waals surface area contributed by atoms with Gasteiger partial charge in [0.25, 0.3) is 0 Å². The molecule has 1 rings (SSSR count). The fourth-order valence-electron chi connectivity index (χ4n) is 0.872. The van der Waals surface area contributed by atoms with Crippen LogP contribution in [0.15, 0.2) is 18.2 Å². The SMILES string of the molecule is Cc1cc(F)ccc1OS(=O)(=O)C(F)(F)F. The molecule has 0 heterocycles. The molecule has 0 aliphatic carbocycles. The molecule has 0 fully saturated rings. The molecule has 0 aromatic heterocycles. The largest absolute Gasteiger partial charge is 0.534 e. The van der Waals surface area contributed by atoms with Crippen LogP contribution in [0.2, 0.25) is 0 Å². The zero-order valence-corrected chi connectivity index (χ0v) is 8.69. The van der Waals surface area contributed by atoms with E-state index in [2.05, 4.69) is 4.18 Å². The Balaban J connectivity index is 3.07. The molecule has 0 atom stereocenters. The molecule has 0 bridgehead atoms. The van der Waals surface area contributed by atoms with E-state index in [9.17, 15) is 26.0 Å². The summed E-state index contributed by atoms with van der Waals surface area (Å²) in [5.74, 6) is -1.26. The first kappa shape index (κ1) is 12.8. The van der Waals surface area contributed by atoms with Crippen LogP contribution in [0, 0.1) is 12.7 Å². The van der Waals surface area contributed by atoms with Crippen LogP contribution < -0.4 is 4.18 Å². The number of aryl methyl sites for hydroxylation is 1. The Bertz CT molecular complexity index is 492. The summed E-state index contributed by atoms with van der Waals surface area (Å²) in [6, 6.07) is 2.48. The minimum Gasteiger partial charge on any atom is -0.376 e. The van der Waals surface area contributed by atoms with Crippen molar-refractivity contribution in [2.75, 3.05) is 0 Å². The van der Waals surface area contributed by atoms with Crippen molar-refractivity contribution in [3.05, 3.63) is 29.6 Å². The molecule has 0 unspecified atom stereocenters. The molecule has 0 saturated heterocycles. The van der Waals surface area contributed by atoms with Gasteiger partial charge in [-0.25, -0.2) is 4.39 Å². The number of hydrogen-bond acceptors (Lipinski definition) is 3. The van der Waals surface area contributed by atoms with E-state index in [-0.39, 0.29) is 5.56 Å². The molecule has 0 radical (unpaired) electrons. The van der Waals surface area contributed by atoms with Gasteiger partial charge in [-0.15, -0.1) is 0 Å². The van der Waals surface area contributed by atoms with E-state index in [1.165, 1.54) is 6.92 Å². The van der Waals surface area contributed by atoms with Gasteiger partial charge in [0.15, 0.2) is 0 Å². The van der Waals surface area contributed by atoms with Crippen molar-refractivity contribution in [3.8, 4) is 5.75 Å². The molecule has 0 amide bonds. The standard InChI is InChI=1S/C8H6F4O3S/c1-5-4-6(9)2-3-7(5)15-16(13,14)8(10,11)12/h2-4H,1H3. The molecule has 16 heavy (non-hydrogen) atoms. The van der Waals surface area contributed by atoms with Crippen molar-refractivity contribution in [3.63, 3.8) is 0 Å². The zero-order chi connectivity index (χ0) is 12.6. The third kappa shape index (κ3) is 2.63. The predicted molar refractivity (Wildman–Crippen MR) is 46.7 cm³/mol. The summed E-state index contributed by atoms with van der Waals surface area (Å²) in [5, 5.41) is 0. The maximum absolute atomic E-state index is 12.6. The molecule has 0 aliphatic rings. The van der Waals surface area contributed by atoms with Gasteiger partial charge in [0.05, 0.1) is 0 Å². The number of halogens is 4. The summed E-state index contributed by atoms with van der Waals surface area (Å²) >= 11 is 0. The van der Waals surface area contributed by atoms with Gasteiger partial charge < -0.3 is 4.18 Å². The normalized spacial score (nSPS) is 12.6. The maximum atomic E-state index is 12.6. The zero-order valence-electron chi connectivity index (χ0n) is 7.88. The van der Waals surface area contributed by atoms with Crippen LogP contribution in [-0.2, 0) is 10.1 Å². The second kappa shape index (κ2) is 3.93. The molecular weight excluding hydrogens is 252 g/mol. The second-order valence-electron chi connectivity index (χ2n) is 2.89. The lowest BCUT2D eigenvalue weighted by molar-refractivity contribution is -0.0500. The molecule has 8 heteroatoms. The topological polar surface area (TPSA) is 43.4 Å². The number of benzene rings is 1. The number of hydrogen-bond donors (Lipinski definition) is 0. The Morgan fingerprint density at radius 3 is 2.25 bits per heavy atom. The third-order valence-electron chi connectivity index (χ3n) is 1.62. The fourth-order valence-corrected chi connectivity index (χ4v) is 1.39. The minimum absolute atomic E-state index is 0.0483. The van der Waals surface area contributed by atoms with Gasteiger partial charge in [0, 0.05) is 0 Å². The van der Waals surface area contributed by atoms with E-state index in [4.69, 9.17) is 0 Å². The van der Waals surface area contributed by atoms with E-state index in [1.54, 1.807) is 0 Å². The molecule has 3 nitrogen and oxygen atoms in total. The number of alkyl halides is 3. The second-order valence-corrected chi connectivity index (χ2v) is 4.43. The van der Waals surface area contributed by atoms with Crippen LogP contribution in [0.3, 0.4) is 0 Å². The summed E-state index contributed by atoms with van der Waals surface area (Å²) in [6.07, 6.45) is 0. The van der Waals surface area contributed by atoms with Gasteiger partial charge in [-0.1, -0.05) is 0 Å². The highest BCUT2D eigenvalue weighted by Gasteiger charge is 2.48. The average molecular weight is 258 g/mol. The lowest BCUT2D eigenvalue weighted by Gasteiger charge is -2.10. The van der Waals surface area contributed by atoms with Crippen LogP contribution in [0.5, 0.6) is 5.75 Å². The Morgan fingerprint density at radius 2 is 1.81 bits per heavy atom. The lowest BCUT2D eigenvalue weighted by atomic mass is 10.2. The van der Waals surface area contributed by atoms with E-state index in [1.807, 2.05) is 0 Å². The van der Waals surface area contributed by atoms with Gasteiger partial charge in [0.1, 0.15) is 11.6 Å². The lowest BCUT2D eigenvalue weighted by Crippen LogP contribution is -2.28. The van der Waals surface area contributed by atoms with E-state index < -0.39 is 27.2 Å². The van der Waals surface area contributed by atoms with Crippen LogP contribution in [-0.4, -0.2) is 13.9 Å². The maximum Gasteiger partial charge on any atom is 0.534 e. The summed E-state index contributed by atoms with van der Waals surface area (Å²) in [4.78, 5) is 0. The summed E-state index contributed by atoms with van der Waals surface area (Å²) in [5.41, 5.74) is -5.55. The molecule has 0 aliphatic heterocycles. The van der Waals surface area contributed by atoms with Crippen LogP contribution in [0.1, 0.15) is 5.56 Å². The molecule has 1 aromatic carbocycles.